The molecule has 0 amide bonds. The van der Waals surface area contributed by atoms with E-state index < -0.39 is 0 Å². The predicted molar refractivity (Wildman–Crippen MR) is 69.2 cm³/mol. The van der Waals surface area contributed by atoms with Gasteiger partial charge in [-0.1, -0.05) is 29.3 Å². The molecule has 17 heavy (non-hydrogen) atoms. The molecule has 0 bridgehead atoms. The third-order valence-corrected chi connectivity index (χ3v) is 3.49. The van der Waals surface area contributed by atoms with Crippen molar-refractivity contribution in [3.63, 3.8) is 0 Å². The van der Waals surface area contributed by atoms with Gasteiger partial charge in [-0.2, -0.15) is 0 Å². The highest BCUT2D eigenvalue weighted by atomic mass is 35.5. The fourth-order valence-electron chi connectivity index (χ4n) is 1.70. The second kappa shape index (κ2) is 6.45. The molecule has 1 saturated heterocycles. The first-order chi connectivity index (χ1) is 8.27. The largest absolute Gasteiger partial charge is 0.491 e. The van der Waals surface area contributed by atoms with Crippen molar-refractivity contribution in [1.82, 2.24) is 4.90 Å². The molecular formula is C12H15Cl2NO2. The lowest BCUT2D eigenvalue weighted by atomic mass is 10.3. The van der Waals surface area contributed by atoms with E-state index >= 15 is 0 Å². The number of rotatable bonds is 4. The van der Waals surface area contributed by atoms with Gasteiger partial charge < -0.3 is 9.47 Å². The molecule has 1 heterocycles. The van der Waals surface area contributed by atoms with E-state index in [-0.39, 0.29) is 0 Å². The van der Waals surface area contributed by atoms with Crippen LogP contribution in [0, 0.1) is 0 Å². The fourth-order valence-corrected chi connectivity index (χ4v) is 2.05. The second-order valence-corrected chi connectivity index (χ2v) is 4.64. The van der Waals surface area contributed by atoms with Crippen LogP contribution in [0.4, 0.5) is 0 Å². The lowest BCUT2D eigenvalue weighted by molar-refractivity contribution is 0.0322. The second-order valence-electron chi connectivity index (χ2n) is 3.85. The number of hydrogen-bond donors (Lipinski definition) is 0. The Balaban J connectivity index is 1.79. The van der Waals surface area contributed by atoms with Crippen LogP contribution in [0.25, 0.3) is 0 Å². The predicted octanol–water partition coefficient (Wildman–Crippen LogP) is 2.70. The van der Waals surface area contributed by atoms with Crippen molar-refractivity contribution in [2.75, 3.05) is 39.5 Å². The molecule has 1 aliphatic rings. The number of morpholine rings is 1. The molecule has 0 aromatic heterocycles. The summed E-state index contributed by atoms with van der Waals surface area (Å²) in [5, 5.41) is 1.01. The van der Waals surface area contributed by atoms with Gasteiger partial charge >= 0.3 is 0 Å². The highest BCUT2D eigenvalue weighted by Gasteiger charge is 2.10. The van der Waals surface area contributed by atoms with E-state index in [2.05, 4.69) is 4.90 Å². The summed E-state index contributed by atoms with van der Waals surface area (Å²) in [6.07, 6.45) is 0. The van der Waals surface area contributed by atoms with Crippen LogP contribution in [-0.2, 0) is 4.74 Å². The van der Waals surface area contributed by atoms with Crippen molar-refractivity contribution in [3.8, 4) is 5.75 Å². The maximum Gasteiger partial charge on any atom is 0.139 e. The van der Waals surface area contributed by atoms with Gasteiger partial charge in [-0.3, -0.25) is 4.90 Å². The maximum absolute atomic E-state index is 6.02. The monoisotopic (exact) mass is 275 g/mol. The van der Waals surface area contributed by atoms with E-state index in [4.69, 9.17) is 32.7 Å². The standard InChI is InChI=1S/C12H15Cl2NO2/c13-10-2-1-3-11(12(10)14)17-9-6-15-4-7-16-8-5-15/h1-3H,4-9H2. The Morgan fingerprint density at radius 2 is 2.00 bits per heavy atom. The maximum atomic E-state index is 6.02. The van der Waals surface area contributed by atoms with Gasteiger partial charge in [-0.25, -0.2) is 0 Å². The summed E-state index contributed by atoms with van der Waals surface area (Å²) in [7, 11) is 0. The molecule has 1 fully saturated rings. The number of ether oxygens (including phenoxy) is 2. The highest BCUT2D eigenvalue weighted by Crippen LogP contribution is 2.31. The number of nitrogens with zero attached hydrogens (tertiary/aromatic N) is 1. The topological polar surface area (TPSA) is 21.7 Å². The summed E-state index contributed by atoms with van der Waals surface area (Å²) in [6.45, 7) is 5.03. The lowest BCUT2D eigenvalue weighted by Crippen LogP contribution is -2.38. The van der Waals surface area contributed by atoms with Gasteiger partial charge in [0.2, 0.25) is 0 Å². The molecule has 2 rings (SSSR count). The summed E-state index contributed by atoms with van der Waals surface area (Å²) in [5.41, 5.74) is 0. The van der Waals surface area contributed by atoms with Crippen LogP contribution in [0.15, 0.2) is 18.2 Å². The molecule has 0 N–H and O–H groups in total. The van der Waals surface area contributed by atoms with Gasteiger partial charge in [0.05, 0.1) is 18.2 Å². The first-order valence-electron chi connectivity index (χ1n) is 5.64. The van der Waals surface area contributed by atoms with Crippen LogP contribution >= 0.6 is 23.2 Å². The summed E-state index contributed by atoms with van der Waals surface area (Å²) in [5.74, 6) is 0.646. The quantitative estimate of drug-likeness (QED) is 0.844. The first-order valence-corrected chi connectivity index (χ1v) is 6.40. The Morgan fingerprint density at radius 1 is 1.24 bits per heavy atom. The molecule has 0 spiro atoms. The van der Waals surface area contributed by atoms with Crippen molar-refractivity contribution in [2.45, 2.75) is 0 Å². The number of benzene rings is 1. The van der Waals surface area contributed by atoms with Gasteiger partial charge in [-0.15, -0.1) is 0 Å². The van der Waals surface area contributed by atoms with Gasteiger partial charge in [0.1, 0.15) is 17.4 Å². The van der Waals surface area contributed by atoms with Crippen LogP contribution in [-0.4, -0.2) is 44.4 Å². The van der Waals surface area contributed by atoms with E-state index in [1.54, 1.807) is 6.07 Å². The molecule has 0 radical (unpaired) electrons. The average molecular weight is 276 g/mol. The lowest BCUT2D eigenvalue weighted by Gasteiger charge is -2.26. The van der Waals surface area contributed by atoms with Crippen molar-refractivity contribution >= 4 is 23.2 Å². The van der Waals surface area contributed by atoms with Gasteiger partial charge in [0.25, 0.3) is 0 Å². The normalized spacial score (nSPS) is 17.1. The Hall–Kier alpha value is -0.480. The van der Waals surface area contributed by atoms with Crippen molar-refractivity contribution in [3.05, 3.63) is 28.2 Å². The Morgan fingerprint density at radius 3 is 2.76 bits per heavy atom. The Bertz CT molecular complexity index is 368. The summed E-state index contributed by atoms with van der Waals surface area (Å²) in [4.78, 5) is 2.31. The minimum atomic E-state index is 0.483. The van der Waals surface area contributed by atoms with E-state index in [9.17, 15) is 0 Å². The third-order valence-electron chi connectivity index (χ3n) is 2.68. The van der Waals surface area contributed by atoms with Crippen LogP contribution in [0.5, 0.6) is 5.75 Å². The number of hydrogen-bond acceptors (Lipinski definition) is 3. The Labute approximate surface area is 111 Å². The van der Waals surface area contributed by atoms with Crippen LogP contribution < -0.4 is 4.74 Å². The highest BCUT2D eigenvalue weighted by molar-refractivity contribution is 6.42. The van der Waals surface area contributed by atoms with E-state index in [0.717, 1.165) is 32.8 Å². The molecule has 0 atom stereocenters. The first kappa shape index (κ1) is 13.0. The van der Waals surface area contributed by atoms with Crippen molar-refractivity contribution in [1.29, 1.82) is 0 Å². The molecule has 0 saturated carbocycles. The molecule has 0 unspecified atom stereocenters. The molecule has 1 aliphatic heterocycles. The molecule has 1 aromatic rings. The van der Waals surface area contributed by atoms with E-state index in [0.29, 0.717) is 22.4 Å². The van der Waals surface area contributed by atoms with Gasteiger partial charge in [-0.05, 0) is 12.1 Å². The Kier molecular flexibility index (Phi) is 4.92. The minimum absolute atomic E-state index is 0.483. The van der Waals surface area contributed by atoms with Crippen LogP contribution in [0.3, 0.4) is 0 Å². The smallest absolute Gasteiger partial charge is 0.139 e. The van der Waals surface area contributed by atoms with E-state index in [1.807, 2.05) is 12.1 Å². The average Bonchev–Trinajstić information content (AvgIpc) is 2.36. The summed E-state index contributed by atoms with van der Waals surface area (Å²) < 4.78 is 10.9. The molecular weight excluding hydrogens is 261 g/mol. The zero-order valence-corrected chi connectivity index (χ0v) is 11.0. The number of halogens is 2. The zero-order valence-electron chi connectivity index (χ0n) is 9.49. The molecule has 1 aromatic carbocycles. The molecule has 3 nitrogen and oxygen atoms in total. The SMILES string of the molecule is Clc1cccc(OCCN2CCOCC2)c1Cl. The third kappa shape index (κ3) is 3.75. The van der Waals surface area contributed by atoms with Crippen LogP contribution in [0.1, 0.15) is 0 Å². The minimum Gasteiger partial charge on any atom is -0.491 e. The van der Waals surface area contributed by atoms with Crippen LogP contribution in [0.2, 0.25) is 10.0 Å². The van der Waals surface area contributed by atoms with Gasteiger partial charge in [0.15, 0.2) is 0 Å². The zero-order chi connectivity index (χ0) is 12.1. The molecule has 5 heteroatoms. The summed E-state index contributed by atoms with van der Waals surface area (Å²) in [6, 6.07) is 5.41. The van der Waals surface area contributed by atoms with E-state index in [1.165, 1.54) is 0 Å². The van der Waals surface area contributed by atoms with Crippen molar-refractivity contribution < 1.29 is 9.47 Å². The molecule has 0 aliphatic carbocycles. The van der Waals surface area contributed by atoms with Gasteiger partial charge in [0, 0.05) is 19.6 Å². The molecule has 94 valence electrons. The van der Waals surface area contributed by atoms with Crippen molar-refractivity contribution in [2.24, 2.45) is 0 Å². The summed E-state index contributed by atoms with van der Waals surface area (Å²) >= 11 is 11.9. The fraction of sp³-hybridized carbons (Fsp3) is 0.500.